The second kappa shape index (κ2) is 6.13. The number of amides is 1. The molecular weight excluding hydrogens is 433 g/mol. The predicted molar refractivity (Wildman–Crippen MR) is 92.2 cm³/mol. The number of carbonyl (C=O) groups excluding carboxylic acids is 2. The summed E-state index contributed by atoms with van der Waals surface area (Å²) in [7, 11) is 0. The van der Waals surface area contributed by atoms with Gasteiger partial charge in [0.15, 0.2) is 5.78 Å². The summed E-state index contributed by atoms with van der Waals surface area (Å²) >= 11 is 5.61. The Morgan fingerprint density at radius 1 is 1.35 bits per heavy atom. The summed E-state index contributed by atoms with van der Waals surface area (Å²) in [4.78, 5) is 26.7. The van der Waals surface area contributed by atoms with Crippen LogP contribution in [-0.2, 0) is 9.59 Å². The average Bonchev–Trinajstić information content (AvgIpc) is 2.38. The second-order valence-corrected chi connectivity index (χ2v) is 8.73. The number of nitrogens with zero attached hydrogens (tertiary/aromatic N) is 1. The molecule has 1 fully saturated rings. The Balaban J connectivity index is 2.23. The Bertz CT molecular complexity index is 522. The van der Waals surface area contributed by atoms with Crippen LogP contribution >= 0.6 is 38.5 Å². The fraction of sp³-hybridized carbons (Fsp3) is 0.467. The van der Waals surface area contributed by atoms with E-state index in [2.05, 4.69) is 38.5 Å². The molecule has 1 aliphatic heterocycles. The molecule has 0 spiro atoms. The van der Waals surface area contributed by atoms with Crippen LogP contribution in [-0.4, -0.2) is 22.6 Å². The van der Waals surface area contributed by atoms with Crippen LogP contribution in [0.25, 0.3) is 0 Å². The highest BCUT2D eigenvalue weighted by atomic mass is 127. The second-order valence-electron chi connectivity index (χ2n) is 5.50. The van der Waals surface area contributed by atoms with Crippen molar-refractivity contribution in [3.8, 4) is 0 Å². The molecule has 0 aliphatic carbocycles. The molecule has 0 N–H and O–H groups in total. The molecule has 1 heterocycles. The molecule has 1 aromatic rings. The van der Waals surface area contributed by atoms with E-state index in [-0.39, 0.29) is 11.7 Å². The monoisotopic (exact) mass is 449 g/mol. The highest BCUT2D eigenvalue weighted by Gasteiger charge is 2.40. The largest absolute Gasteiger partial charge is 0.312 e. The van der Waals surface area contributed by atoms with Gasteiger partial charge in [-0.2, -0.15) is 0 Å². The van der Waals surface area contributed by atoms with E-state index in [1.165, 1.54) is 0 Å². The fourth-order valence-electron chi connectivity index (χ4n) is 2.41. The number of piperidine rings is 1. The molecule has 1 aliphatic rings. The quantitative estimate of drug-likeness (QED) is 0.400. The third-order valence-corrected chi connectivity index (χ3v) is 4.59. The molecule has 5 heteroatoms. The van der Waals surface area contributed by atoms with E-state index in [1.807, 2.05) is 24.3 Å². The highest BCUT2D eigenvalue weighted by molar-refractivity contribution is 14.1. The number of alkyl halides is 1. The normalized spacial score (nSPS) is 20.1. The minimum Gasteiger partial charge on any atom is -0.312 e. The van der Waals surface area contributed by atoms with E-state index in [0.29, 0.717) is 13.0 Å². The first-order valence-corrected chi connectivity index (χ1v) is 8.48. The zero-order valence-electron chi connectivity index (χ0n) is 11.5. The summed E-state index contributed by atoms with van der Waals surface area (Å²) in [6.07, 6.45) is 1.50. The third-order valence-electron chi connectivity index (χ3n) is 3.48. The van der Waals surface area contributed by atoms with E-state index in [0.717, 1.165) is 15.7 Å². The van der Waals surface area contributed by atoms with Gasteiger partial charge in [0, 0.05) is 15.8 Å². The first-order chi connectivity index (χ1) is 9.30. The van der Waals surface area contributed by atoms with Crippen molar-refractivity contribution in [2.75, 3.05) is 11.4 Å². The minimum atomic E-state index is -0.650. The Labute approximate surface area is 141 Å². The van der Waals surface area contributed by atoms with E-state index in [9.17, 15) is 9.59 Å². The Morgan fingerprint density at radius 2 is 1.95 bits per heavy atom. The van der Waals surface area contributed by atoms with Crippen LogP contribution in [0.4, 0.5) is 5.69 Å². The minimum absolute atomic E-state index is 0.0299. The Kier molecular flexibility index (Phi) is 4.89. The number of halogens is 2. The molecule has 20 heavy (non-hydrogen) atoms. The van der Waals surface area contributed by atoms with E-state index >= 15 is 0 Å². The van der Waals surface area contributed by atoms with Gasteiger partial charge in [-0.25, -0.2) is 0 Å². The van der Waals surface area contributed by atoms with E-state index in [4.69, 9.17) is 0 Å². The molecule has 1 saturated heterocycles. The Hall–Kier alpha value is -0.430. The molecule has 0 radical (unpaired) electrons. The van der Waals surface area contributed by atoms with Crippen molar-refractivity contribution in [1.29, 1.82) is 0 Å². The third kappa shape index (κ3) is 3.42. The van der Waals surface area contributed by atoms with Crippen molar-refractivity contribution in [1.82, 2.24) is 0 Å². The summed E-state index contributed by atoms with van der Waals surface area (Å²) < 4.78 is 0.479. The van der Waals surface area contributed by atoms with Crippen LogP contribution < -0.4 is 4.90 Å². The molecule has 1 aromatic carbocycles. The predicted octanol–water partition coefficient (Wildman–Crippen LogP) is 3.78. The number of Topliss-reactive ketones (excluding diaryl/α,β-unsaturated/α-hetero) is 1. The molecule has 0 aromatic heterocycles. The van der Waals surface area contributed by atoms with Crippen molar-refractivity contribution in [2.24, 2.45) is 5.92 Å². The van der Waals surface area contributed by atoms with Gasteiger partial charge in [-0.1, -0.05) is 15.9 Å². The molecule has 3 nitrogen and oxygen atoms in total. The number of rotatable bonds is 3. The van der Waals surface area contributed by atoms with Crippen molar-refractivity contribution < 1.29 is 9.59 Å². The first kappa shape index (κ1) is 15.9. The lowest BCUT2D eigenvalue weighted by Crippen LogP contribution is -2.48. The molecule has 0 bridgehead atoms. The average molecular weight is 450 g/mol. The lowest BCUT2D eigenvalue weighted by Gasteiger charge is -2.33. The zero-order chi connectivity index (χ0) is 14.9. The van der Waals surface area contributed by atoms with Crippen LogP contribution in [0.15, 0.2) is 24.3 Å². The summed E-state index contributed by atoms with van der Waals surface area (Å²) in [5.74, 6) is -0.634. The highest BCUT2D eigenvalue weighted by Crippen LogP contribution is 2.30. The Morgan fingerprint density at radius 3 is 2.50 bits per heavy atom. The smallest absolute Gasteiger partial charge is 0.237 e. The molecule has 1 amide bonds. The molecule has 108 valence electrons. The number of hydrogen-bond acceptors (Lipinski definition) is 2. The van der Waals surface area contributed by atoms with Crippen molar-refractivity contribution in [3.05, 3.63) is 27.8 Å². The number of ketones is 1. The van der Waals surface area contributed by atoms with Gasteiger partial charge >= 0.3 is 0 Å². The van der Waals surface area contributed by atoms with E-state index < -0.39 is 10.2 Å². The summed E-state index contributed by atoms with van der Waals surface area (Å²) in [5, 5.41) is 0. The SMILES string of the molecule is CC(C)(Br)C(=O)[C@H]1CCCN(c2ccc(I)cc2)C1=O. The zero-order valence-corrected chi connectivity index (χ0v) is 15.3. The maximum absolute atomic E-state index is 12.6. The lowest BCUT2D eigenvalue weighted by molar-refractivity contribution is -0.134. The number of carbonyl (C=O) groups is 2. The topological polar surface area (TPSA) is 37.4 Å². The van der Waals surface area contributed by atoms with Gasteiger partial charge in [0.1, 0.15) is 0 Å². The van der Waals surface area contributed by atoms with Crippen molar-refractivity contribution in [3.63, 3.8) is 0 Å². The van der Waals surface area contributed by atoms with Gasteiger partial charge in [0.05, 0.1) is 10.2 Å². The van der Waals surface area contributed by atoms with E-state index in [1.54, 1.807) is 18.7 Å². The molecule has 2 rings (SSSR count). The van der Waals surface area contributed by atoms with Crippen LogP contribution in [0.3, 0.4) is 0 Å². The van der Waals surface area contributed by atoms with Gasteiger partial charge in [-0.05, 0) is 73.5 Å². The van der Waals surface area contributed by atoms with Gasteiger partial charge in [-0.3, -0.25) is 9.59 Å². The van der Waals surface area contributed by atoms with Gasteiger partial charge in [-0.15, -0.1) is 0 Å². The maximum Gasteiger partial charge on any atom is 0.237 e. The lowest BCUT2D eigenvalue weighted by atomic mass is 9.87. The van der Waals surface area contributed by atoms with Crippen molar-refractivity contribution >= 4 is 55.9 Å². The summed E-state index contributed by atoms with van der Waals surface area (Å²) in [6, 6.07) is 7.82. The number of hydrogen-bond donors (Lipinski definition) is 0. The van der Waals surface area contributed by atoms with Gasteiger partial charge in [0.25, 0.3) is 0 Å². The van der Waals surface area contributed by atoms with Gasteiger partial charge < -0.3 is 4.90 Å². The maximum atomic E-state index is 12.6. The van der Waals surface area contributed by atoms with Crippen LogP contribution in [0.2, 0.25) is 0 Å². The molecular formula is C15H17BrINO2. The fourth-order valence-corrected chi connectivity index (χ4v) is 3.05. The van der Waals surface area contributed by atoms with Crippen LogP contribution in [0.5, 0.6) is 0 Å². The summed E-state index contributed by atoms with van der Waals surface area (Å²) in [5.41, 5.74) is 0.875. The number of anilines is 1. The summed E-state index contributed by atoms with van der Waals surface area (Å²) in [6.45, 7) is 4.28. The molecule has 1 atom stereocenters. The van der Waals surface area contributed by atoms with Crippen LogP contribution in [0.1, 0.15) is 26.7 Å². The van der Waals surface area contributed by atoms with Crippen LogP contribution in [0, 0.1) is 9.49 Å². The van der Waals surface area contributed by atoms with Gasteiger partial charge in [0.2, 0.25) is 5.91 Å². The standard InChI is InChI=1S/C15H17BrINO2/c1-15(2,16)13(19)12-4-3-9-18(14(12)20)11-7-5-10(17)6-8-11/h5-8,12H,3-4,9H2,1-2H3/t12-/m1/s1. The molecule has 0 saturated carbocycles. The first-order valence-electron chi connectivity index (χ1n) is 6.61. The number of benzene rings is 1. The van der Waals surface area contributed by atoms with Crippen molar-refractivity contribution in [2.45, 2.75) is 31.0 Å². The molecule has 0 unspecified atom stereocenters.